The molecule has 15 heavy (non-hydrogen) atoms. The van der Waals surface area contributed by atoms with Crippen molar-refractivity contribution in [2.24, 2.45) is 0 Å². The first-order chi connectivity index (χ1) is 7.29. The molecular formula is C13H18N2. The standard InChI is InChI=1S/C13H18N2/c1-15(2)13(11-6-3-4-7-11)12-8-5-9-14-10-12/h5-6,8-10,13H,3-4,7H2,1-2H3. The van der Waals surface area contributed by atoms with E-state index in [2.05, 4.69) is 36.1 Å². The van der Waals surface area contributed by atoms with Gasteiger partial charge in [0.15, 0.2) is 0 Å². The van der Waals surface area contributed by atoms with Crippen molar-refractivity contribution in [2.75, 3.05) is 14.1 Å². The molecule has 1 aliphatic carbocycles. The highest BCUT2D eigenvalue weighted by Crippen LogP contribution is 2.33. The summed E-state index contributed by atoms with van der Waals surface area (Å²) in [5.74, 6) is 0. The molecule has 1 unspecified atom stereocenters. The van der Waals surface area contributed by atoms with Gasteiger partial charge in [-0.25, -0.2) is 0 Å². The second kappa shape index (κ2) is 4.58. The molecule has 0 amide bonds. The zero-order valence-electron chi connectivity index (χ0n) is 9.48. The van der Waals surface area contributed by atoms with Crippen molar-refractivity contribution in [1.82, 2.24) is 9.88 Å². The Kier molecular flexibility index (Phi) is 3.17. The third kappa shape index (κ3) is 2.26. The molecule has 2 heteroatoms. The van der Waals surface area contributed by atoms with Crippen LogP contribution < -0.4 is 0 Å². The molecule has 0 fully saturated rings. The van der Waals surface area contributed by atoms with Gasteiger partial charge < -0.3 is 0 Å². The third-order valence-corrected chi connectivity index (χ3v) is 2.94. The Morgan fingerprint density at radius 3 is 2.80 bits per heavy atom. The highest BCUT2D eigenvalue weighted by molar-refractivity contribution is 5.27. The van der Waals surface area contributed by atoms with Gasteiger partial charge in [-0.05, 0) is 45.0 Å². The lowest BCUT2D eigenvalue weighted by atomic mass is 9.99. The zero-order valence-corrected chi connectivity index (χ0v) is 9.48. The Morgan fingerprint density at radius 2 is 2.27 bits per heavy atom. The van der Waals surface area contributed by atoms with Crippen molar-refractivity contribution in [3.8, 4) is 0 Å². The van der Waals surface area contributed by atoms with Gasteiger partial charge in [-0.2, -0.15) is 0 Å². The summed E-state index contributed by atoms with van der Waals surface area (Å²) < 4.78 is 0. The highest BCUT2D eigenvalue weighted by atomic mass is 15.1. The highest BCUT2D eigenvalue weighted by Gasteiger charge is 2.20. The van der Waals surface area contributed by atoms with Crippen molar-refractivity contribution in [1.29, 1.82) is 0 Å². The summed E-state index contributed by atoms with van der Waals surface area (Å²) in [6.45, 7) is 0. The molecule has 0 radical (unpaired) electrons. The number of nitrogens with zero attached hydrogens (tertiary/aromatic N) is 2. The van der Waals surface area contributed by atoms with Gasteiger partial charge in [0.05, 0.1) is 6.04 Å². The molecule has 1 heterocycles. The van der Waals surface area contributed by atoms with E-state index in [-0.39, 0.29) is 0 Å². The molecule has 0 N–H and O–H groups in total. The molecule has 1 aliphatic rings. The first-order valence-corrected chi connectivity index (χ1v) is 5.54. The van der Waals surface area contributed by atoms with E-state index in [4.69, 9.17) is 0 Å². The van der Waals surface area contributed by atoms with Crippen LogP contribution >= 0.6 is 0 Å². The average molecular weight is 202 g/mol. The van der Waals surface area contributed by atoms with Gasteiger partial charge in [-0.15, -0.1) is 0 Å². The second-order valence-electron chi connectivity index (χ2n) is 4.32. The summed E-state index contributed by atoms with van der Waals surface area (Å²) in [6, 6.07) is 4.60. The first kappa shape index (κ1) is 10.4. The minimum atomic E-state index is 0.418. The monoisotopic (exact) mass is 202 g/mol. The average Bonchev–Trinajstić information content (AvgIpc) is 2.72. The number of likely N-dealkylation sites (N-methyl/N-ethyl adjacent to an activating group) is 1. The van der Waals surface area contributed by atoms with Crippen molar-refractivity contribution >= 4 is 0 Å². The van der Waals surface area contributed by atoms with E-state index in [0.29, 0.717) is 6.04 Å². The molecular weight excluding hydrogens is 184 g/mol. The normalized spacial score (nSPS) is 17.9. The van der Waals surface area contributed by atoms with Crippen LogP contribution in [-0.4, -0.2) is 24.0 Å². The third-order valence-electron chi connectivity index (χ3n) is 2.94. The van der Waals surface area contributed by atoms with E-state index in [9.17, 15) is 0 Å². The van der Waals surface area contributed by atoms with Crippen LogP contribution in [0.3, 0.4) is 0 Å². The Morgan fingerprint density at radius 1 is 1.40 bits per heavy atom. The predicted molar refractivity (Wildman–Crippen MR) is 62.6 cm³/mol. The van der Waals surface area contributed by atoms with Gasteiger partial charge in [-0.3, -0.25) is 9.88 Å². The van der Waals surface area contributed by atoms with E-state index in [0.717, 1.165) is 0 Å². The fraction of sp³-hybridized carbons (Fsp3) is 0.462. The molecule has 0 saturated heterocycles. The van der Waals surface area contributed by atoms with Crippen LogP contribution in [0.15, 0.2) is 36.2 Å². The van der Waals surface area contributed by atoms with E-state index in [1.54, 1.807) is 5.57 Å². The molecule has 0 aliphatic heterocycles. The van der Waals surface area contributed by atoms with E-state index in [1.165, 1.54) is 24.8 Å². The van der Waals surface area contributed by atoms with Gasteiger partial charge in [0.25, 0.3) is 0 Å². The first-order valence-electron chi connectivity index (χ1n) is 5.54. The zero-order chi connectivity index (χ0) is 10.7. The molecule has 0 aromatic carbocycles. The summed E-state index contributed by atoms with van der Waals surface area (Å²) in [6.07, 6.45) is 9.97. The Hall–Kier alpha value is -1.15. The van der Waals surface area contributed by atoms with Crippen LogP contribution in [-0.2, 0) is 0 Å². The van der Waals surface area contributed by atoms with Crippen molar-refractivity contribution in [2.45, 2.75) is 25.3 Å². The number of aromatic nitrogens is 1. The maximum atomic E-state index is 4.21. The molecule has 0 bridgehead atoms. The number of rotatable bonds is 3. The number of hydrogen-bond acceptors (Lipinski definition) is 2. The van der Waals surface area contributed by atoms with E-state index >= 15 is 0 Å². The lowest BCUT2D eigenvalue weighted by Gasteiger charge is -2.25. The topological polar surface area (TPSA) is 16.1 Å². The van der Waals surface area contributed by atoms with Crippen molar-refractivity contribution in [3.05, 3.63) is 41.7 Å². The summed E-state index contributed by atoms with van der Waals surface area (Å²) in [4.78, 5) is 6.48. The molecule has 1 aromatic heterocycles. The largest absolute Gasteiger partial charge is 0.299 e. The number of hydrogen-bond donors (Lipinski definition) is 0. The second-order valence-corrected chi connectivity index (χ2v) is 4.32. The fourth-order valence-electron chi connectivity index (χ4n) is 2.33. The summed E-state index contributed by atoms with van der Waals surface area (Å²) in [5, 5.41) is 0. The van der Waals surface area contributed by atoms with Crippen LogP contribution in [0.1, 0.15) is 30.9 Å². The number of pyridine rings is 1. The molecule has 0 spiro atoms. The van der Waals surface area contributed by atoms with Crippen LogP contribution in [0.25, 0.3) is 0 Å². The van der Waals surface area contributed by atoms with Gasteiger partial charge >= 0.3 is 0 Å². The van der Waals surface area contributed by atoms with Crippen molar-refractivity contribution < 1.29 is 0 Å². The maximum Gasteiger partial charge on any atom is 0.0571 e. The minimum absolute atomic E-state index is 0.418. The maximum absolute atomic E-state index is 4.21. The molecule has 80 valence electrons. The van der Waals surface area contributed by atoms with E-state index < -0.39 is 0 Å². The lowest BCUT2D eigenvalue weighted by Crippen LogP contribution is -2.21. The SMILES string of the molecule is CN(C)C(C1=CCCC1)c1cccnc1. The minimum Gasteiger partial charge on any atom is -0.299 e. The van der Waals surface area contributed by atoms with E-state index in [1.807, 2.05) is 18.5 Å². The summed E-state index contributed by atoms with van der Waals surface area (Å²) in [7, 11) is 4.27. The summed E-state index contributed by atoms with van der Waals surface area (Å²) in [5.41, 5.74) is 2.85. The summed E-state index contributed by atoms with van der Waals surface area (Å²) >= 11 is 0. The van der Waals surface area contributed by atoms with Gasteiger partial charge in [0.1, 0.15) is 0 Å². The van der Waals surface area contributed by atoms with Crippen molar-refractivity contribution in [3.63, 3.8) is 0 Å². The predicted octanol–water partition coefficient (Wildman–Crippen LogP) is 2.79. The quantitative estimate of drug-likeness (QED) is 0.701. The van der Waals surface area contributed by atoms with Crippen LogP contribution in [0.2, 0.25) is 0 Å². The van der Waals surface area contributed by atoms with Crippen LogP contribution in [0.5, 0.6) is 0 Å². The molecule has 2 nitrogen and oxygen atoms in total. The molecule has 1 atom stereocenters. The Balaban J connectivity index is 2.28. The lowest BCUT2D eigenvalue weighted by molar-refractivity contribution is 0.332. The van der Waals surface area contributed by atoms with Gasteiger partial charge in [0.2, 0.25) is 0 Å². The van der Waals surface area contributed by atoms with Gasteiger partial charge in [-0.1, -0.05) is 17.7 Å². The van der Waals surface area contributed by atoms with Gasteiger partial charge in [0, 0.05) is 12.4 Å². The number of allylic oxidation sites excluding steroid dienone is 1. The molecule has 0 saturated carbocycles. The van der Waals surface area contributed by atoms with Crippen LogP contribution in [0, 0.1) is 0 Å². The smallest absolute Gasteiger partial charge is 0.0571 e. The Bertz CT molecular complexity index is 341. The Labute approximate surface area is 91.6 Å². The fourth-order valence-corrected chi connectivity index (χ4v) is 2.33. The molecule has 1 aromatic rings. The van der Waals surface area contributed by atoms with Crippen LogP contribution in [0.4, 0.5) is 0 Å². The molecule has 2 rings (SSSR count).